The average molecular weight is 350 g/mol. The van der Waals surface area contributed by atoms with Gasteiger partial charge in [0.25, 0.3) is 0 Å². The number of amidine groups is 1. The number of aliphatic hydroxyl groups excluding tert-OH is 1. The fourth-order valence-corrected chi connectivity index (χ4v) is 3.61. The number of rotatable bonds is 3. The number of nitrogens with zero attached hydrogens (tertiary/aromatic N) is 2. The number of halogens is 1. The Morgan fingerprint density at radius 1 is 1.39 bits per heavy atom. The van der Waals surface area contributed by atoms with Crippen LogP contribution in [0.15, 0.2) is 24.0 Å². The molecule has 0 saturated heterocycles. The van der Waals surface area contributed by atoms with Gasteiger partial charge in [0.2, 0.25) is 0 Å². The van der Waals surface area contributed by atoms with E-state index < -0.39 is 0 Å². The minimum Gasteiger partial charge on any atom is -0.510 e. The minimum absolute atomic E-state index is 0.130. The predicted octanol–water partition coefficient (Wildman–Crippen LogP) is 4.19. The summed E-state index contributed by atoms with van der Waals surface area (Å²) in [7, 11) is 1.56. The Morgan fingerprint density at radius 2 is 2.13 bits per heavy atom. The third-order valence-electron chi connectivity index (χ3n) is 3.78. The van der Waals surface area contributed by atoms with Crippen molar-refractivity contribution in [3.63, 3.8) is 0 Å². The molecule has 2 N–H and O–H groups in total. The number of anilines is 1. The third kappa shape index (κ3) is 2.68. The van der Waals surface area contributed by atoms with Crippen LogP contribution in [0.2, 0.25) is 5.02 Å². The number of hydrogen-bond acceptors (Lipinski definition) is 5. The molecule has 120 valence electrons. The summed E-state index contributed by atoms with van der Waals surface area (Å²) in [5.74, 6) is 0.919. The van der Waals surface area contributed by atoms with Crippen LogP contribution in [-0.4, -0.2) is 29.6 Å². The van der Waals surface area contributed by atoms with Gasteiger partial charge in [0.15, 0.2) is 0 Å². The lowest BCUT2D eigenvalue weighted by atomic mass is 10.2. The first-order chi connectivity index (χ1) is 10.9. The van der Waals surface area contributed by atoms with Crippen LogP contribution in [0, 0.1) is 19.3 Å². The largest absolute Gasteiger partial charge is 0.510 e. The normalized spacial score (nSPS) is 14.8. The number of aliphatic hydroxyl groups is 1. The van der Waals surface area contributed by atoms with E-state index in [1.54, 1.807) is 30.2 Å². The van der Waals surface area contributed by atoms with Crippen LogP contribution in [0.1, 0.15) is 15.6 Å². The third-order valence-corrected chi connectivity index (χ3v) is 5.10. The highest BCUT2D eigenvalue weighted by molar-refractivity contribution is 7.13. The molecular weight excluding hydrogens is 334 g/mol. The zero-order chi connectivity index (χ0) is 16.7. The first-order valence-electron chi connectivity index (χ1n) is 6.99. The van der Waals surface area contributed by atoms with E-state index in [0.717, 1.165) is 10.6 Å². The van der Waals surface area contributed by atoms with Gasteiger partial charge in [-0.05, 0) is 32.0 Å². The summed E-state index contributed by atoms with van der Waals surface area (Å²) >= 11 is 7.55. The maximum absolute atomic E-state index is 10.4. The lowest BCUT2D eigenvalue weighted by Gasteiger charge is -2.21. The van der Waals surface area contributed by atoms with Crippen molar-refractivity contribution in [1.82, 2.24) is 4.98 Å². The fraction of sp³-hybridized carbons (Fsp3) is 0.250. The average Bonchev–Trinajstić information content (AvgIpc) is 2.98. The summed E-state index contributed by atoms with van der Waals surface area (Å²) in [5, 5.41) is 20.0. The molecule has 0 atom stereocenters. The molecule has 0 spiro atoms. The molecule has 0 unspecified atom stereocenters. The van der Waals surface area contributed by atoms with E-state index in [0.29, 0.717) is 27.0 Å². The Balaban J connectivity index is 2.02. The summed E-state index contributed by atoms with van der Waals surface area (Å²) in [6.07, 6.45) is 0. The molecule has 1 aliphatic heterocycles. The molecular formula is C16H16ClN3O2S. The van der Waals surface area contributed by atoms with Gasteiger partial charge < -0.3 is 14.7 Å². The topological polar surface area (TPSA) is 69.4 Å². The van der Waals surface area contributed by atoms with Crippen molar-refractivity contribution in [1.29, 1.82) is 5.41 Å². The number of ether oxygens (including phenoxy) is 1. The lowest BCUT2D eigenvalue weighted by Crippen LogP contribution is -2.26. The van der Waals surface area contributed by atoms with Crippen molar-refractivity contribution in [2.75, 3.05) is 18.6 Å². The van der Waals surface area contributed by atoms with Gasteiger partial charge >= 0.3 is 0 Å². The van der Waals surface area contributed by atoms with Gasteiger partial charge in [-0.1, -0.05) is 11.6 Å². The highest BCUT2D eigenvalue weighted by Gasteiger charge is 2.32. The van der Waals surface area contributed by atoms with E-state index in [2.05, 4.69) is 4.98 Å². The molecule has 2 aromatic rings. The predicted molar refractivity (Wildman–Crippen MR) is 94.2 cm³/mol. The zero-order valence-corrected chi connectivity index (χ0v) is 14.5. The first-order valence-corrected chi connectivity index (χ1v) is 8.18. The second-order valence-corrected chi connectivity index (χ2v) is 6.87. The van der Waals surface area contributed by atoms with Crippen LogP contribution >= 0.6 is 22.9 Å². The van der Waals surface area contributed by atoms with Crippen LogP contribution in [0.5, 0.6) is 5.75 Å². The number of aryl methyl sites for hydroxylation is 2. The van der Waals surface area contributed by atoms with Crippen molar-refractivity contribution >= 4 is 40.0 Å². The maximum Gasteiger partial charge on any atom is 0.142 e. The molecule has 2 heterocycles. The van der Waals surface area contributed by atoms with E-state index in [4.69, 9.17) is 21.7 Å². The first kappa shape index (κ1) is 15.8. The summed E-state index contributed by atoms with van der Waals surface area (Å²) in [5.41, 5.74) is 2.03. The summed E-state index contributed by atoms with van der Waals surface area (Å²) in [4.78, 5) is 7.20. The number of hydrogen-bond donors (Lipinski definition) is 2. The van der Waals surface area contributed by atoms with Crippen molar-refractivity contribution in [3.05, 3.63) is 44.6 Å². The Bertz CT molecular complexity index is 809. The van der Waals surface area contributed by atoms with Gasteiger partial charge in [-0.2, -0.15) is 0 Å². The van der Waals surface area contributed by atoms with Crippen LogP contribution in [0.4, 0.5) is 5.69 Å². The van der Waals surface area contributed by atoms with Crippen molar-refractivity contribution in [2.24, 2.45) is 0 Å². The molecule has 0 saturated carbocycles. The molecule has 1 aromatic carbocycles. The van der Waals surface area contributed by atoms with Crippen LogP contribution < -0.4 is 9.64 Å². The van der Waals surface area contributed by atoms with Gasteiger partial charge in [-0.3, -0.25) is 5.41 Å². The highest BCUT2D eigenvalue weighted by Crippen LogP contribution is 2.38. The molecule has 7 heteroatoms. The molecule has 0 fully saturated rings. The van der Waals surface area contributed by atoms with Crippen LogP contribution in [0.3, 0.4) is 0 Å². The van der Waals surface area contributed by atoms with Crippen molar-refractivity contribution in [3.8, 4) is 5.75 Å². The molecule has 1 aliphatic rings. The van der Waals surface area contributed by atoms with Gasteiger partial charge in [-0.25, -0.2) is 4.98 Å². The summed E-state index contributed by atoms with van der Waals surface area (Å²) in [6, 6.07) is 5.20. The smallest absolute Gasteiger partial charge is 0.142 e. The monoisotopic (exact) mass is 349 g/mol. The number of benzene rings is 1. The highest BCUT2D eigenvalue weighted by atomic mass is 35.5. The Labute approximate surface area is 143 Å². The maximum atomic E-state index is 10.4. The van der Waals surface area contributed by atoms with E-state index >= 15 is 0 Å². The van der Waals surface area contributed by atoms with E-state index in [9.17, 15) is 5.11 Å². The van der Waals surface area contributed by atoms with Gasteiger partial charge in [0, 0.05) is 9.90 Å². The fourth-order valence-electron chi connectivity index (χ4n) is 2.46. The Hall–Kier alpha value is -2.05. The molecule has 5 nitrogen and oxygen atoms in total. The van der Waals surface area contributed by atoms with Gasteiger partial charge in [-0.15, -0.1) is 11.3 Å². The van der Waals surface area contributed by atoms with Gasteiger partial charge in [0.1, 0.15) is 22.4 Å². The second kappa shape index (κ2) is 5.86. The number of nitrogens with one attached hydrogen (secondary N) is 1. The lowest BCUT2D eigenvalue weighted by molar-refractivity contribution is 0.407. The molecule has 0 aliphatic carbocycles. The quantitative estimate of drug-likeness (QED) is 0.871. The molecule has 23 heavy (non-hydrogen) atoms. The number of methoxy groups -OCH3 is 1. The van der Waals surface area contributed by atoms with E-state index in [1.165, 1.54) is 11.3 Å². The standard InChI is InChI=1S/C16H16ClN3O2S/c1-8-9(2)23-16(19-8)14-12(21)7-20(15(14)18)11-6-10(17)4-5-13(11)22-3/h4-6,18,21H,7H2,1-3H3. The molecule has 1 aromatic heterocycles. The second-order valence-electron chi connectivity index (χ2n) is 5.23. The molecule has 3 rings (SSSR count). The van der Waals surface area contributed by atoms with Crippen LogP contribution in [-0.2, 0) is 0 Å². The Kier molecular flexibility index (Phi) is 4.04. The SMILES string of the molecule is COc1ccc(Cl)cc1N1CC(O)=C(c2nc(C)c(C)s2)C1=N. The molecule has 0 radical (unpaired) electrons. The summed E-state index contributed by atoms with van der Waals surface area (Å²) < 4.78 is 5.35. The van der Waals surface area contributed by atoms with E-state index in [1.807, 2.05) is 13.8 Å². The number of aromatic nitrogens is 1. The molecule has 0 amide bonds. The van der Waals surface area contributed by atoms with Gasteiger partial charge in [0.05, 0.1) is 30.6 Å². The summed E-state index contributed by atoms with van der Waals surface area (Å²) in [6.45, 7) is 4.09. The van der Waals surface area contributed by atoms with E-state index in [-0.39, 0.29) is 18.1 Å². The van der Waals surface area contributed by atoms with Crippen molar-refractivity contribution in [2.45, 2.75) is 13.8 Å². The molecule has 0 bridgehead atoms. The minimum atomic E-state index is 0.130. The van der Waals surface area contributed by atoms with Crippen molar-refractivity contribution < 1.29 is 9.84 Å². The van der Waals surface area contributed by atoms with Crippen LogP contribution in [0.25, 0.3) is 5.57 Å². The number of thiazole rings is 1. The zero-order valence-electron chi connectivity index (χ0n) is 13.0. The Morgan fingerprint density at radius 3 is 2.74 bits per heavy atom.